The van der Waals surface area contributed by atoms with Gasteiger partial charge in [-0.2, -0.15) is 0 Å². The second-order valence-electron chi connectivity index (χ2n) is 3.79. The average Bonchev–Trinajstić information content (AvgIpc) is 2.80. The summed E-state index contributed by atoms with van der Waals surface area (Å²) < 4.78 is 5.68. The summed E-state index contributed by atoms with van der Waals surface area (Å²) in [4.78, 5) is 12.7. The second-order valence-corrected chi connectivity index (χ2v) is 5.36. The Bertz CT molecular complexity index is 548. The number of para-hydroxylation sites is 1. The van der Waals surface area contributed by atoms with E-state index in [4.69, 9.17) is 16.3 Å². The monoisotopic (exact) mass is 280 g/mol. The Morgan fingerprint density at radius 2 is 2.17 bits per heavy atom. The third kappa shape index (κ3) is 2.92. The Morgan fingerprint density at radius 1 is 1.39 bits per heavy atom. The van der Waals surface area contributed by atoms with Crippen molar-refractivity contribution in [1.29, 1.82) is 0 Å². The Balaban J connectivity index is 2.12. The van der Waals surface area contributed by atoms with Crippen LogP contribution >= 0.6 is 22.9 Å². The average molecular weight is 281 g/mol. The predicted molar refractivity (Wildman–Crippen MR) is 74.9 cm³/mol. The largest absolute Gasteiger partial charge is 0.487 e. The minimum Gasteiger partial charge on any atom is -0.487 e. The van der Waals surface area contributed by atoms with E-state index in [1.165, 1.54) is 16.2 Å². The van der Waals surface area contributed by atoms with Crippen molar-refractivity contribution in [2.45, 2.75) is 20.0 Å². The zero-order chi connectivity index (χ0) is 13.0. The van der Waals surface area contributed by atoms with Crippen LogP contribution in [0.1, 0.15) is 27.0 Å². The third-order valence-corrected chi connectivity index (χ3v) is 4.13. The smallest absolute Gasteiger partial charge is 0.160 e. The van der Waals surface area contributed by atoms with E-state index in [0.717, 1.165) is 23.1 Å². The van der Waals surface area contributed by atoms with Crippen molar-refractivity contribution >= 4 is 29.2 Å². The van der Waals surface area contributed by atoms with Gasteiger partial charge < -0.3 is 4.74 Å². The summed E-state index contributed by atoms with van der Waals surface area (Å²) >= 11 is 7.54. The molecule has 0 bridgehead atoms. The number of carbonyl (C=O) groups excluding carboxylic acids is 1. The molecule has 94 valence electrons. The zero-order valence-corrected chi connectivity index (χ0v) is 11.6. The quantitative estimate of drug-likeness (QED) is 0.761. The number of benzene rings is 1. The Hall–Kier alpha value is -1.32. The number of thiophene rings is 1. The van der Waals surface area contributed by atoms with E-state index in [0.29, 0.717) is 17.4 Å². The lowest BCUT2D eigenvalue weighted by atomic mass is 10.2. The van der Waals surface area contributed by atoms with Crippen molar-refractivity contribution in [3.63, 3.8) is 0 Å². The topological polar surface area (TPSA) is 26.3 Å². The number of rotatable bonds is 5. The molecule has 0 atom stereocenters. The van der Waals surface area contributed by atoms with Gasteiger partial charge in [0, 0.05) is 10.4 Å². The fourth-order valence-electron chi connectivity index (χ4n) is 1.69. The van der Waals surface area contributed by atoms with E-state index in [9.17, 15) is 4.79 Å². The molecule has 0 aliphatic heterocycles. The van der Waals surface area contributed by atoms with Crippen LogP contribution in [0, 0.1) is 0 Å². The molecule has 0 aliphatic rings. The molecule has 0 N–H and O–H groups in total. The van der Waals surface area contributed by atoms with Crippen LogP contribution in [-0.4, -0.2) is 6.29 Å². The summed E-state index contributed by atoms with van der Waals surface area (Å²) in [6, 6.07) is 9.25. The maximum absolute atomic E-state index is 10.8. The molecular weight excluding hydrogens is 268 g/mol. The number of hydrogen-bond acceptors (Lipinski definition) is 3. The molecule has 0 spiro atoms. The zero-order valence-electron chi connectivity index (χ0n) is 9.98. The number of hydrogen-bond donors (Lipinski definition) is 0. The molecule has 2 aromatic rings. The van der Waals surface area contributed by atoms with Crippen molar-refractivity contribution in [3.8, 4) is 5.75 Å². The molecule has 2 rings (SSSR count). The van der Waals surface area contributed by atoms with Gasteiger partial charge in [-0.1, -0.05) is 30.7 Å². The molecule has 0 aliphatic carbocycles. The minimum atomic E-state index is 0.442. The van der Waals surface area contributed by atoms with Crippen LogP contribution in [0.2, 0.25) is 5.02 Å². The van der Waals surface area contributed by atoms with Gasteiger partial charge in [-0.05, 0) is 24.6 Å². The molecule has 0 saturated carbocycles. The van der Waals surface area contributed by atoms with Crippen molar-refractivity contribution in [2.24, 2.45) is 0 Å². The Kier molecular flexibility index (Phi) is 4.39. The number of aldehydes is 1. The van der Waals surface area contributed by atoms with Crippen LogP contribution in [0.3, 0.4) is 0 Å². The minimum absolute atomic E-state index is 0.442. The first-order valence-corrected chi connectivity index (χ1v) is 6.88. The molecule has 4 heteroatoms. The molecule has 0 amide bonds. The molecule has 2 nitrogen and oxygen atoms in total. The molecule has 1 aromatic carbocycles. The lowest BCUT2D eigenvalue weighted by molar-refractivity contribution is 0.112. The van der Waals surface area contributed by atoms with Gasteiger partial charge in [0.2, 0.25) is 0 Å². The van der Waals surface area contributed by atoms with Crippen LogP contribution in [0.25, 0.3) is 0 Å². The molecule has 1 heterocycles. The van der Waals surface area contributed by atoms with Crippen LogP contribution in [-0.2, 0) is 13.0 Å². The lowest BCUT2D eigenvalue weighted by Gasteiger charge is -2.07. The summed E-state index contributed by atoms with van der Waals surface area (Å²) in [6.45, 7) is 2.51. The van der Waals surface area contributed by atoms with E-state index in [-0.39, 0.29) is 0 Å². The van der Waals surface area contributed by atoms with E-state index in [1.807, 2.05) is 24.3 Å². The fourth-order valence-corrected chi connectivity index (χ4v) is 2.80. The first kappa shape index (κ1) is 13.1. The number of aryl methyl sites for hydroxylation is 1. The molecule has 0 fully saturated rings. The van der Waals surface area contributed by atoms with E-state index in [2.05, 4.69) is 6.92 Å². The van der Waals surface area contributed by atoms with E-state index in [1.54, 1.807) is 6.07 Å². The molecule has 0 saturated heterocycles. The number of ether oxygens (including phenoxy) is 1. The van der Waals surface area contributed by atoms with Gasteiger partial charge in [0.1, 0.15) is 12.4 Å². The molecular formula is C14H13ClO2S. The molecule has 18 heavy (non-hydrogen) atoms. The van der Waals surface area contributed by atoms with Gasteiger partial charge in [-0.25, -0.2) is 0 Å². The Morgan fingerprint density at radius 3 is 2.83 bits per heavy atom. The standard InChI is InChI=1S/C14H13ClO2S/c1-2-14-10(7-11(8-16)18-14)9-17-13-6-4-3-5-12(13)15/h3-8H,2,9H2,1H3. The summed E-state index contributed by atoms with van der Waals surface area (Å²) in [7, 11) is 0. The number of carbonyl (C=O) groups is 1. The summed E-state index contributed by atoms with van der Waals surface area (Å²) in [6.07, 6.45) is 1.78. The molecule has 1 aromatic heterocycles. The van der Waals surface area contributed by atoms with E-state index < -0.39 is 0 Å². The van der Waals surface area contributed by atoms with Gasteiger partial charge in [0.15, 0.2) is 6.29 Å². The van der Waals surface area contributed by atoms with Crippen LogP contribution in [0.5, 0.6) is 5.75 Å². The van der Waals surface area contributed by atoms with Gasteiger partial charge in [0.05, 0.1) is 9.90 Å². The first-order valence-electron chi connectivity index (χ1n) is 5.68. The SMILES string of the molecule is CCc1sc(C=O)cc1COc1ccccc1Cl. The fraction of sp³-hybridized carbons (Fsp3) is 0.214. The summed E-state index contributed by atoms with van der Waals surface area (Å²) in [5, 5.41) is 0.599. The maximum atomic E-state index is 10.8. The van der Waals surface area contributed by atoms with Crippen LogP contribution in [0.15, 0.2) is 30.3 Å². The highest BCUT2D eigenvalue weighted by Crippen LogP contribution is 2.27. The summed E-state index contributed by atoms with van der Waals surface area (Å²) in [5.41, 5.74) is 1.06. The van der Waals surface area contributed by atoms with Crippen molar-refractivity contribution in [2.75, 3.05) is 0 Å². The summed E-state index contributed by atoms with van der Waals surface area (Å²) in [5.74, 6) is 0.667. The maximum Gasteiger partial charge on any atom is 0.160 e. The van der Waals surface area contributed by atoms with Gasteiger partial charge in [-0.3, -0.25) is 4.79 Å². The van der Waals surface area contributed by atoms with Crippen molar-refractivity contribution in [1.82, 2.24) is 0 Å². The van der Waals surface area contributed by atoms with E-state index >= 15 is 0 Å². The lowest BCUT2D eigenvalue weighted by Crippen LogP contribution is -1.96. The van der Waals surface area contributed by atoms with Gasteiger partial charge in [0.25, 0.3) is 0 Å². The van der Waals surface area contributed by atoms with Crippen molar-refractivity contribution < 1.29 is 9.53 Å². The first-order chi connectivity index (χ1) is 8.74. The molecule has 0 radical (unpaired) electrons. The molecule has 0 unspecified atom stereocenters. The Labute approximate surface area is 115 Å². The predicted octanol–water partition coefficient (Wildman–Crippen LogP) is 4.36. The van der Waals surface area contributed by atoms with Gasteiger partial charge >= 0.3 is 0 Å². The second kappa shape index (κ2) is 6.03. The highest BCUT2D eigenvalue weighted by Gasteiger charge is 2.08. The van der Waals surface area contributed by atoms with Crippen LogP contribution in [0.4, 0.5) is 0 Å². The highest BCUT2D eigenvalue weighted by atomic mass is 35.5. The third-order valence-electron chi connectivity index (χ3n) is 2.57. The van der Waals surface area contributed by atoms with Crippen molar-refractivity contribution in [3.05, 3.63) is 50.7 Å². The number of halogens is 1. The van der Waals surface area contributed by atoms with Gasteiger partial charge in [-0.15, -0.1) is 11.3 Å². The van der Waals surface area contributed by atoms with Crippen LogP contribution < -0.4 is 4.74 Å². The normalized spacial score (nSPS) is 10.3. The highest BCUT2D eigenvalue weighted by molar-refractivity contribution is 7.13.